The van der Waals surface area contributed by atoms with Crippen LogP contribution >= 0.6 is 0 Å². The monoisotopic (exact) mass is 358 g/mol. The Balaban J connectivity index is 1.67. The normalized spacial score (nSPS) is 22.0. The van der Waals surface area contributed by atoms with Crippen LogP contribution in [-0.2, 0) is 21.2 Å². The summed E-state index contributed by atoms with van der Waals surface area (Å²) >= 11 is 0. The van der Waals surface area contributed by atoms with Gasteiger partial charge in [-0.3, -0.25) is 9.59 Å². The smallest absolute Gasteiger partial charge is 0.245 e. The fourth-order valence-corrected chi connectivity index (χ4v) is 5.14. The first-order valence-corrected chi connectivity index (χ1v) is 9.92. The molecule has 0 saturated carbocycles. The summed E-state index contributed by atoms with van der Waals surface area (Å²) in [6.07, 6.45) is 2.53. The second-order valence-corrected chi connectivity index (χ2v) is 8.54. The second-order valence-electron chi connectivity index (χ2n) is 6.46. The molecule has 1 atom stereocenters. The summed E-state index contributed by atoms with van der Waals surface area (Å²) < 4.78 is 26.6. The lowest BCUT2D eigenvalue weighted by Gasteiger charge is -2.30. The summed E-state index contributed by atoms with van der Waals surface area (Å²) in [5.41, 5.74) is 1.19. The fourth-order valence-electron chi connectivity index (χ4n) is 3.64. The number of hydrogen-bond donors (Lipinski definition) is 0. The first kappa shape index (κ1) is 16.1. The van der Waals surface area contributed by atoms with Gasteiger partial charge in [-0.25, -0.2) is 8.42 Å². The molecule has 0 fully saturated rings. The van der Waals surface area contributed by atoms with Gasteiger partial charge in [0, 0.05) is 25.7 Å². The highest BCUT2D eigenvalue weighted by atomic mass is 32.2. The molecular weight excluding hydrogens is 340 g/mol. The van der Waals surface area contributed by atoms with Crippen LogP contribution in [0.3, 0.4) is 0 Å². The number of sulfone groups is 1. The summed E-state index contributed by atoms with van der Waals surface area (Å²) in [5.74, 6) is -0.172. The third-order valence-electron chi connectivity index (χ3n) is 4.94. The van der Waals surface area contributed by atoms with Crippen molar-refractivity contribution < 1.29 is 18.0 Å². The van der Waals surface area contributed by atoms with Gasteiger partial charge < -0.3 is 9.47 Å². The molecule has 0 radical (unpaired) electrons. The fraction of sp³-hybridized carbons (Fsp3) is 0.333. The van der Waals surface area contributed by atoms with E-state index in [1.807, 2.05) is 0 Å². The van der Waals surface area contributed by atoms with Gasteiger partial charge in [-0.1, -0.05) is 18.2 Å². The van der Waals surface area contributed by atoms with Crippen LogP contribution in [0.25, 0.3) is 0 Å². The molecule has 0 aliphatic carbocycles. The van der Waals surface area contributed by atoms with Gasteiger partial charge in [-0.05, 0) is 30.2 Å². The van der Waals surface area contributed by atoms with Crippen molar-refractivity contribution in [1.29, 1.82) is 0 Å². The van der Waals surface area contributed by atoms with Gasteiger partial charge in [0.25, 0.3) is 0 Å². The first-order chi connectivity index (χ1) is 12.0. The Kier molecular flexibility index (Phi) is 3.76. The number of carbonyl (C=O) groups excluding carboxylic acids is 2. The zero-order valence-corrected chi connectivity index (χ0v) is 14.4. The molecule has 2 aliphatic rings. The third kappa shape index (κ3) is 2.68. The number of hydrogen-bond acceptors (Lipinski definition) is 4. The van der Waals surface area contributed by atoms with Crippen molar-refractivity contribution >= 4 is 21.5 Å². The first-order valence-electron chi connectivity index (χ1n) is 8.27. The van der Waals surface area contributed by atoms with Gasteiger partial charge in [-0.2, -0.15) is 0 Å². The van der Waals surface area contributed by atoms with Crippen LogP contribution in [0.15, 0.2) is 47.5 Å². The maximum absolute atomic E-state index is 13.1. The Labute approximate surface area is 146 Å². The Morgan fingerprint density at radius 3 is 2.76 bits per heavy atom. The van der Waals surface area contributed by atoms with Crippen molar-refractivity contribution in [2.24, 2.45) is 0 Å². The van der Waals surface area contributed by atoms with Crippen molar-refractivity contribution in [1.82, 2.24) is 9.47 Å². The van der Waals surface area contributed by atoms with Gasteiger partial charge >= 0.3 is 0 Å². The molecule has 0 spiro atoms. The molecule has 0 N–H and O–H groups in total. The summed E-state index contributed by atoms with van der Waals surface area (Å²) in [6.45, 7) is 0.437. The molecule has 0 bridgehead atoms. The average Bonchev–Trinajstić information content (AvgIpc) is 3.04. The van der Waals surface area contributed by atoms with E-state index in [0.29, 0.717) is 29.0 Å². The predicted octanol–water partition coefficient (Wildman–Crippen LogP) is 1.82. The number of aromatic nitrogens is 1. The van der Waals surface area contributed by atoms with Crippen LogP contribution in [-0.4, -0.2) is 41.9 Å². The van der Waals surface area contributed by atoms with E-state index in [9.17, 15) is 18.0 Å². The maximum Gasteiger partial charge on any atom is 0.245 e. The van der Waals surface area contributed by atoms with E-state index in [2.05, 4.69) is 0 Å². The van der Waals surface area contributed by atoms with E-state index in [4.69, 9.17) is 0 Å². The largest absolute Gasteiger partial charge is 0.335 e. The van der Waals surface area contributed by atoms with E-state index in [1.54, 1.807) is 52.1 Å². The van der Waals surface area contributed by atoms with Crippen molar-refractivity contribution in [2.75, 3.05) is 12.3 Å². The van der Waals surface area contributed by atoms with Crippen molar-refractivity contribution in [3.63, 3.8) is 0 Å². The predicted molar refractivity (Wildman–Crippen MR) is 90.9 cm³/mol. The van der Waals surface area contributed by atoms with Gasteiger partial charge in [0.05, 0.1) is 16.3 Å². The zero-order chi connectivity index (χ0) is 17.6. The second kappa shape index (κ2) is 5.84. The molecule has 7 heteroatoms. The highest BCUT2D eigenvalue weighted by Gasteiger charge is 2.35. The third-order valence-corrected chi connectivity index (χ3v) is 6.73. The minimum absolute atomic E-state index is 0.0397. The van der Waals surface area contributed by atoms with Gasteiger partial charge in [-0.15, -0.1) is 0 Å². The van der Waals surface area contributed by atoms with Crippen molar-refractivity contribution in [2.45, 2.75) is 30.3 Å². The van der Waals surface area contributed by atoms with Crippen LogP contribution in [0, 0.1) is 0 Å². The van der Waals surface area contributed by atoms with Crippen LogP contribution in [0.2, 0.25) is 0 Å². The summed E-state index contributed by atoms with van der Waals surface area (Å²) in [7, 11) is -3.39. The summed E-state index contributed by atoms with van der Waals surface area (Å²) in [4.78, 5) is 27.0. The lowest BCUT2D eigenvalue weighted by molar-refractivity contribution is -0.135. The van der Waals surface area contributed by atoms with Crippen LogP contribution in [0.5, 0.6) is 0 Å². The molecule has 0 saturated heterocycles. The highest BCUT2D eigenvalue weighted by molar-refractivity contribution is 7.91. The quantitative estimate of drug-likeness (QED) is 0.779. The minimum atomic E-state index is -3.39. The number of ketones is 1. The van der Waals surface area contributed by atoms with Crippen LogP contribution in [0.1, 0.15) is 34.9 Å². The molecule has 1 amide bonds. The standard InChI is InChI=1S/C18H18N2O4S/c21-16-8-7-15(20-9-3-5-14(16)20)18(22)19-10-11-25(23,24)17-6-2-1-4-13(17)12-19/h1-6,9,15H,7-8,10-12H2. The lowest BCUT2D eigenvalue weighted by Crippen LogP contribution is -2.40. The molecule has 2 aromatic rings. The highest BCUT2D eigenvalue weighted by Crippen LogP contribution is 2.29. The minimum Gasteiger partial charge on any atom is -0.335 e. The molecule has 6 nitrogen and oxygen atoms in total. The molecular formula is C18H18N2O4S. The number of benzene rings is 1. The van der Waals surface area contributed by atoms with E-state index >= 15 is 0 Å². The molecule has 4 rings (SSSR count). The molecule has 130 valence electrons. The number of Topliss-reactive ketones (excluding diaryl/α,β-unsaturated/α-hetero) is 1. The Morgan fingerprint density at radius 2 is 1.92 bits per heavy atom. The molecule has 1 unspecified atom stereocenters. The van der Waals surface area contributed by atoms with Gasteiger partial charge in [0.1, 0.15) is 6.04 Å². The summed E-state index contributed by atoms with van der Waals surface area (Å²) in [5, 5.41) is 0. The van der Waals surface area contributed by atoms with Crippen LogP contribution in [0.4, 0.5) is 0 Å². The maximum atomic E-state index is 13.1. The Morgan fingerprint density at radius 1 is 1.12 bits per heavy atom. The molecule has 25 heavy (non-hydrogen) atoms. The Bertz CT molecular complexity index is 961. The number of amides is 1. The Hall–Kier alpha value is -2.41. The molecule has 1 aromatic heterocycles. The van der Waals surface area contributed by atoms with Gasteiger partial charge in [0.2, 0.25) is 5.91 Å². The van der Waals surface area contributed by atoms with E-state index in [0.717, 1.165) is 0 Å². The van der Waals surface area contributed by atoms with E-state index < -0.39 is 15.9 Å². The van der Waals surface area contributed by atoms with Crippen LogP contribution < -0.4 is 0 Å². The lowest BCUT2D eigenvalue weighted by atomic mass is 10.0. The number of carbonyl (C=O) groups is 2. The van der Waals surface area contributed by atoms with E-state index in [-0.39, 0.29) is 30.5 Å². The summed E-state index contributed by atoms with van der Waals surface area (Å²) in [6, 6.07) is 9.88. The molecule has 2 aliphatic heterocycles. The topological polar surface area (TPSA) is 76.5 Å². The number of nitrogens with zero attached hydrogens (tertiary/aromatic N) is 2. The van der Waals surface area contributed by atoms with Crippen molar-refractivity contribution in [3.05, 3.63) is 53.9 Å². The van der Waals surface area contributed by atoms with Gasteiger partial charge in [0.15, 0.2) is 15.6 Å². The molecule has 1 aromatic carbocycles. The number of fused-ring (bicyclic) bond motifs is 2. The van der Waals surface area contributed by atoms with E-state index in [1.165, 1.54) is 0 Å². The molecule has 3 heterocycles. The average molecular weight is 358 g/mol. The van der Waals surface area contributed by atoms with Crippen molar-refractivity contribution in [3.8, 4) is 0 Å². The zero-order valence-electron chi connectivity index (χ0n) is 13.6. The SMILES string of the molecule is O=C1CCC(C(=O)N2CCS(=O)(=O)c3ccccc3C2)n2cccc21. The number of rotatable bonds is 1.